The number of oxazole rings is 1. The molecular weight excluding hydrogens is 254 g/mol. The van der Waals surface area contributed by atoms with Crippen LogP contribution in [-0.4, -0.2) is 32.7 Å². The minimum Gasteiger partial charge on any atom is -0.444 e. The van der Waals surface area contributed by atoms with Gasteiger partial charge in [0.15, 0.2) is 0 Å². The summed E-state index contributed by atoms with van der Waals surface area (Å²) >= 11 is 0. The second kappa shape index (κ2) is 6.86. The van der Waals surface area contributed by atoms with E-state index < -0.39 is 16.1 Å². The van der Waals surface area contributed by atoms with Gasteiger partial charge in [0.25, 0.3) is 0 Å². The van der Waals surface area contributed by atoms with E-state index in [1.165, 1.54) is 0 Å². The lowest BCUT2D eigenvalue weighted by atomic mass is 10.3. The predicted molar refractivity (Wildman–Crippen MR) is 69.7 cm³/mol. The second-order valence-electron chi connectivity index (χ2n) is 4.28. The average molecular weight is 275 g/mol. The van der Waals surface area contributed by atoms with Crippen molar-refractivity contribution in [2.24, 2.45) is 0 Å². The fourth-order valence-corrected chi connectivity index (χ4v) is 2.89. The highest BCUT2D eigenvalue weighted by atomic mass is 32.2. The molecule has 18 heavy (non-hydrogen) atoms. The zero-order valence-electron chi connectivity index (χ0n) is 11.1. The Labute approximate surface area is 108 Å². The number of rotatable bonds is 8. The van der Waals surface area contributed by atoms with Gasteiger partial charge in [-0.1, -0.05) is 0 Å². The quantitative estimate of drug-likeness (QED) is 0.690. The summed E-state index contributed by atoms with van der Waals surface area (Å²) in [5.74, 6) is 1.19. The standard InChI is InChI=1S/C11H21N3O3S/c1-9-8-13-11(17-9)10(2)14-18(15,16)7-5-4-6-12-3/h8,10,12,14H,4-7H2,1-3H3. The molecule has 0 amide bonds. The molecule has 7 heteroatoms. The lowest BCUT2D eigenvalue weighted by molar-refractivity contribution is 0.427. The molecule has 1 aromatic heterocycles. The number of aryl methyl sites for hydroxylation is 1. The SMILES string of the molecule is CNCCCCS(=O)(=O)NC(C)c1ncc(C)o1. The number of nitrogens with one attached hydrogen (secondary N) is 2. The number of hydrogen-bond donors (Lipinski definition) is 2. The third-order valence-corrected chi connectivity index (χ3v) is 3.99. The van der Waals surface area contributed by atoms with Crippen LogP contribution in [0.2, 0.25) is 0 Å². The average Bonchev–Trinajstić information content (AvgIpc) is 2.71. The molecule has 0 spiro atoms. The van der Waals surface area contributed by atoms with Crippen LogP contribution in [0.3, 0.4) is 0 Å². The van der Waals surface area contributed by atoms with E-state index in [4.69, 9.17) is 4.42 Å². The van der Waals surface area contributed by atoms with Crippen LogP contribution in [0.4, 0.5) is 0 Å². The molecule has 0 radical (unpaired) electrons. The van der Waals surface area contributed by atoms with Crippen LogP contribution in [0.1, 0.15) is 37.5 Å². The molecule has 1 atom stereocenters. The molecule has 0 aliphatic rings. The molecule has 0 saturated carbocycles. The maximum atomic E-state index is 11.8. The summed E-state index contributed by atoms with van der Waals surface area (Å²) in [5.41, 5.74) is 0. The Morgan fingerprint density at radius 2 is 2.17 bits per heavy atom. The van der Waals surface area contributed by atoms with Crippen molar-refractivity contribution in [1.82, 2.24) is 15.0 Å². The van der Waals surface area contributed by atoms with E-state index in [-0.39, 0.29) is 5.75 Å². The molecule has 1 rings (SSSR count). The third kappa shape index (κ3) is 5.16. The van der Waals surface area contributed by atoms with E-state index in [0.29, 0.717) is 18.1 Å². The second-order valence-corrected chi connectivity index (χ2v) is 6.15. The van der Waals surface area contributed by atoms with Gasteiger partial charge < -0.3 is 9.73 Å². The molecule has 0 bridgehead atoms. The van der Waals surface area contributed by atoms with E-state index in [2.05, 4.69) is 15.0 Å². The molecule has 104 valence electrons. The largest absolute Gasteiger partial charge is 0.444 e. The molecule has 0 fully saturated rings. The van der Waals surface area contributed by atoms with Crippen LogP contribution < -0.4 is 10.0 Å². The molecule has 2 N–H and O–H groups in total. The van der Waals surface area contributed by atoms with Gasteiger partial charge >= 0.3 is 0 Å². The Bertz CT molecular complexity index is 456. The van der Waals surface area contributed by atoms with Crippen LogP contribution in [-0.2, 0) is 10.0 Å². The first kappa shape index (κ1) is 15.1. The van der Waals surface area contributed by atoms with Crippen LogP contribution in [0.15, 0.2) is 10.6 Å². The van der Waals surface area contributed by atoms with Gasteiger partial charge in [-0.3, -0.25) is 0 Å². The summed E-state index contributed by atoms with van der Waals surface area (Å²) in [7, 11) is -1.43. The first-order chi connectivity index (χ1) is 8.44. The smallest absolute Gasteiger partial charge is 0.212 e. The molecule has 1 heterocycles. The number of unbranched alkanes of at least 4 members (excludes halogenated alkanes) is 1. The molecule has 0 aliphatic heterocycles. The Morgan fingerprint density at radius 1 is 1.44 bits per heavy atom. The molecule has 0 aliphatic carbocycles. The van der Waals surface area contributed by atoms with Crippen LogP contribution >= 0.6 is 0 Å². The van der Waals surface area contributed by atoms with E-state index in [1.807, 2.05) is 7.05 Å². The van der Waals surface area contributed by atoms with Crippen molar-refractivity contribution in [2.75, 3.05) is 19.3 Å². The van der Waals surface area contributed by atoms with Crippen molar-refractivity contribution in [1.29, 1.82) is 0 Å². The van der Waals surface area contributed by atoms with Crippen molar-refractivity contribution in [3.8, 4) is 0 Å². The first-order valence-corrected chi connectivity index (χ1v) is 7.67. The first-order valence-electron chi connectivity index (χ1n) is 6.01. The summed E-state index contributed by atoms with van der Waals surface area (Å²) in [6.07, 6.45) is 3.05. The number of hydrogen-bond acceptors (Lipinski definition) is 5. The summed E-state index contributed by atoms with van der Waals surface area (Å²) in [6, 6.07) is -0.437. The van der Waals surface area contributed by atoms with Crippen molar-refractivity contribution >= 4 is 10.0 Å². The van der Waals surface area contributed by atoms with Crippen molar-refractivity contribution in [3.63, 3.8) is 0 Å². The van der Waals surface area contributed by atoms with Gasteiger partial charge in [0.05, 0.1) is 18.0 Å². The van der Waals surface area contributed by atoms with Gasteiger partial charge in [0.2, 0.25) is 15.9 Å². The highest BCUT2D eigenvalue weighted by Crippen LogP contribution is 2.13. The fourth-order valence-electron chi connectivity index (χ4n) is 1.54. The lowest BCUT2D eigenvalue weighted by Gasteiger charge is -2.11. The van der Waals surface area contributed by atoms with Gasteiger partial charge in [-0.25, -0.2) is 18.1 Å². The van der Waals surface area contributed by atoms with Gasteiger partial charge in [-0.15, -0.1) is 0 Å². The van der Waals surface area contributed by atoms with Gasteiger partial charge in [-0.2, -0.15) is 0 Å². The van der Waals surface area contributed by atoms with Crippen molar-refractivity contribution < 1.29 is 12.8 Å². The van der Waals surface area contributed by atoms with Crippen LogP contribution in [0.5, 0.6) is 0 Å². The Balaban J connectivity index is 2.44. The van der Waals surface area contributed by atoms with Gasteiger partial charge in [0.1, 0.15) is 5.76 Å². The van der Waals surface area contributed by atoms with Crippen LogP contribution in [0, 0.1) is 6.92 Å². The molecule has 1 unspecified atom stereocenters. The molecule has 6 nitrogen and oxygen atoms in total. The highest BCUT2D eigenvalue weighted by molar-refractivity contribution is 7.89. The number of sulfonamides is 1. The van der Waals surface area contributed by atoms with E-state index in [9.17, 15) is 8.42 Å². The molecule has 0 aromatic carbocycles. The zero-order valence-corrected chi connectivity index (χ0v) is 11.9. The van der Waals surface area contributed by atoms with Crippen LogP contribution in [0.25, 0.3) is 0 Å². The maximum absolute atomic E-state index is 11.8. The van der Waals surface area contributed by atoms with E-state index in [1.54, 1.807) is 20.0 Å². The molecule has 1 aromatic rings. The van der Waals surface area contributed by atoms with Crippen molar-refractivity contribution in [3.05, 3.63) is 17.8 Å². The predicted octanol–water partition coefficient (Wildman–Crippen LogP) is 0.963. The van der Waals surface area contributed by atoms with Crippen molar-refractivity contribution in [2.45, 2.75) is 32.7 Å². The monoisotopic (exact) mass is 275 g/mol. The topological polar surface area (TPSA) is 84.2 Å². The van der Waals surface area contributed by atoms with Gasteiger partial charge in [-0.05, 0) is 40.3 Å². The lowest BCUT2D eigenvalue weighted by Crippen LogP contribution is -2.29. The minimum absolute atomic E-state index is 0.124. The maximum Gasteiger partial charge on any atom is 0.212 e. The normalized spacial score (nSPS) is 13.7. The summed E-state index contributed by atoms with van der Waals surface area (Å²) < 4.78 is 31.4. The molecule has 0 saturated heterocycles. The van der Waals surface area contributed by atoms with Gasteiger partial charge in [0, 0.05) is 0 Å². The summed E-state index contributed by atoms with van der Waals surface area (Å²) in [5, 5.41) is 2.98. The number of nitrogens with zero attached hydrogens (tertiary/aromatic N) is 1. The number of aromatic nitrogens is 1. The summed E-state index contributed by atoms with van der Waals surface area (Å²) in [4.78, 5) is 4.01. The third-order valence-electron chi connectivity index (χ3n) is 2.46. The fraction of sp³-hybridized carbons (Fsp3) is 0.727. The summed E-state index contributed by atoms with van der Waals surface area (Å²) in [6.45, 7) is 4.32. The zero-order chi connectivity index (χ0) is 13.6. The Hall–Kier alpha value is -0.920. The minimum atomic E-state index is -3.28. The Kier molecular flexibility index (Phi) is 5.77. The highest BCUT2D eigenvalue weighted by Gasteiger charge is 2.18. The van der Waals surface area contributed by atoms with E-state index in [0.717, 1.165) is 13.0 Å². The van der Waals surface area contributed by atoms with E-state index >= 15 is 0 Å². The Morgan fingerprint density at radius 3 is 2.72 bits per heavy atom. The molecular formula is C11H21N3O3S.